The number of morpholine rings is 1. The van der Waals surface area contributed by atoms with Crippen LogP contribution < -0.4 is 15.5 Å². The largest absolute Gasteiger partial charge is 0.379 e. The molecule has 2 saturated heterocycles. The van der Waals surface area contributed by atoms with Crippen LogP contribution in [0.5, 0.6) is 0 Å². The Kier molecular flexibility index (Phi) is 5.24. The lowest BCUT2D eigenvalue weighted by molar-refractivity contribution is -0.132. The van der Waals surface area contributed by atoms with E-state index < -0.39 is 6.10 Å². The van der Waals surface area contributed by atoms with Gasteiger partial charge in [-0.3, -0.25) is 4.79 Å². The van der Waals surface area contributed by atoms with E-state index in [9.17, 15) is 4.79 Å². The summed E-state index contributed by atoms with van der Waals surface area (Å²) in [5.74, 6) is 1.28. The molecule has 0 unspecified atom stereocenters. The van der Waals surface area contributed by atoms with Crippen molar-refractivity contribution in [2.75, 3.05) is 50.2 Å². The van der Waals surface area contributed by atoms with Gasteiger partial charge in [0.2, 0.25) is 5.95 Å². The summed E-state index contributed by atoms with van der Waals surface area (Å²) in [6, 6.07) is 2.14. The highest BCUT2D eigenvalue weighted by Crippen LogP contribution is 2.17. The van der Waals surface area contributed by atoms with Gasteiger partial charge in [0.15, 0.2) is 6.10 Å². The zero-order valence-electron chi connectivity index (χ0n) is 13.3. The van der Waals surface area contributed by atoms with E-state index in [4.69, 9.17) is 9.47 Å². The first-order valence-electron chi connectivity index (χ1n) is 8.02. The Morgan fingerprint density at radius 2 is 2.35 bits per heavy atom. The third-order valence-corrected chi connectivity index (χ3v) is 4.04. The fourth-order valence-electron chi connectivity index (χ4n) is 2.80. The summed E-state index contributed by atoms with van der Waals surface area (Å²) in [4.78, 5) is 22.6. The van der Waals surface area contributed by atoms with Gasteiger partial charge in [-0.25, -0.2) is 4.98 Å². The second-order valence-corrected chi connectivity index (χ2v) is 5.72. The predicted octanol–water partition coefficient (Wildman–Crippen LogP) is 0.0187. The SMILES string of the molecule is CNC(=O)[C@H]1CN(c2nccc(N[C@@H]3CCCOC3)n2)CCO1. The van der Waals surface area contributed by atoms with Crippen LogP contribution in [0.4, 0.5) is 11.8 Å². The zero-order valence-corrected chi connectivity index (χ0v) is 13.3. The summed E-state index contributed by atoms with van der Waals surface area (Å²) < 4.78 is 11.0. The number of nitrogens with one attached hydrogen (secondary N) is 2. The number of carbonyl (C=O) groups is 1. The van der Waals surface area contributed by atoms with Crippen molar-refractivity contribution in [2.24, 2.45) is 0 Å². The van der Waals surface area contributed by atoms with E-state index in [-0.39, 0.29) is 11.9 Å². The molecule has 0 aromatic carbocycles. The summed E-state index contributed by atoms with van der Waals surface area (Å²) >= 11 is 0. The quantitative estimate of drug-likeness (QED) is 0.808. The molecule has 0 saturated carbocycles. The first-order chi connectivity index (χ1) is 11.3. The van der Waals surface area contributed by atoms with Gasteiger partial charge in [0.05, 0.1) is 25.8 Å². The van der Waals surface area contributed by atoms with Crippen LogP contribution in [-0.2, 0) is 14.3 Å². The minimum atomic E-state index is -0.485. The third-order valence-electron chi connectivity index (χ3n) is 4.04. The van der Waals surface area contributed by atoms with Crippen molar-refractivity contribution in [3.8, 4) is 0 Å². The number of nitrogens with zero attached hydrogens (tertiary/aromatic N) is 3. The zero-order chi connectivity index (χ0) is 16.1. The number of likely N-dealkylation sites (N-methyl/N-ethyl adjacent to an activating group) is 1. The van der Waals surface area contributed by atoms with Crippen molar-refractivity contribution in [2.45, 2.75) is 25.0 Å². The van der Waals surface area contributed by atoms with Gasteiger partial charge in [0.1, 0.15) is 5.82 Å². The van der Waals surface area contributed by atoms with E-state index in [1.54, 1.807) is 13.2 Å². The summed E-state index contributed by atoms with van der Waals surface area (Å²) in [5.41, 5.74) is 0. The molecule has 0 spiro atoms. The van der Waals surface area contributed by atoms with Gasteiger partial charge in [-0.2, -0.15) is 4.98 Å². The Balaban J connectivity index is 1.65. The van der Waals surface area contributed by atoms with E-state index in [0.717, 1.165) is 25.3 Å². The first-order valence-corrected chi connectivity index (χ1v) is 8.02. The van der Waals surface area contributed by atoms with Crippen LogP contribution in [0.15, 0.2) is 12.3 Å². The van der Waals surface area contributed by atoms with Crippen LogP contribution in [0.1, 0.15) is 12.8 Å². The van der Waals surface area contributed by atoms with Crippen LogP contribution in [0.25, 0.3) is 0 Å². The third kappa shape index (κ3) is 4.08. The molecule has 2 fully saturated rings. The smallest absolute Gasteiger partial charge is 0.250 e. The molecule has 1 aromatic rings. The highest BCUT2D eigenvalue weighted by atomic mass is 16.5. The van der Waals surface area contributed by atoms with Crippen LogP contribution in [0, 0.1) is 0 Å². The number of rotatable bonds is 4. The van der Waals surface area contributed by atoms with Crippen LogP contribution in [0.2, 0.25) is 0 Å². The predicted molar refractivity (Wildman–Crippen MR) is 85.5 cm³/mol. The van der Waals surface area contributed by atoms with Crippen molar-refractivity contribution < 1.29 is 14.3 Å². The molecule has 3 rings (SSSR count). The van der Waals surface area contributed by atoms with E-state index in [2.05, 4.69) is 20.6 Å². The second-order valence-electron chi connectivity index (χ2n) is 5.72. The van der Waals surface area contributed by atoms with Crippen molar-refractivity contribution in [3.63, 3.8) is 0 Å². The standard InChI is InChI=1S/C15H23N5O3/c1-16-14(21)12-9-20(6-8-23-12)15-17-5-4-13(19-15)18-11-3-2-7-22-10-11/h4-5,11-12H,2-3,6-10H2,1H3,(H,16,21)(H,17,18,19)/t11-,12-/m1/s1. The molecule has 0 bridgehead atoms. The summed E-state index contributed by atoms with van der Waals surface area (Å²) in [6.45, 7) is 3.15. The second kappa shape index (κ2) is 7.56. The van der Waals surface area contributed by atoms with Gasteiger partial charge in [-0.15, -0.1) is 0 Å². The fourth-order valence-corrected chi connectivity index (χ4v) is 2.80. The lowest BCUT2D eigenvalue weighted by atomic mass is 10.1. The highest BCUT2D eigenvalue weighted by Gasteiger charge is 2.27. The molecule has 2 aliphatic rings. The molecule has 2 aliphatic heterocycles. The molecule has 0 aliphatic carbocycles. The highest BCUT2D eigenvalue weighted by molar-refractivity contribution is 5.81. The fraction of sp³-hybridized carbons (Fsp3) is 0.667. The van der Waals surface area contributed by atoms with E-state index in [0.29, 0.717) is 32.3 Å². The molecule has 126 valence electrons. The van der Waals surface area contributed by atoms with Gasteiger partial charge in [0, 0.05) is 26.4 Å². The molecule has 23 heavy (non-hydrogen) atoms. The number of aromatic nitrogens is 2. The maximum Gasteiger partial charge on any atom is 0.250 e. The molecular formula is C15H23N5O3. The summed E-state index contributed by atoms with van der Waals surface area (Å²) in [7, 11) is 1.61. The van der Waals surface area contributed by atoms with Gasteiger partial charge in [-0.1, -0.05) is 0 Å². The van der Waals surface area contributed by atoms with E-state index >= 15 is 0 Å². The molecule has 2 N–H and O–H groups in total. The van der Waals surface area contributed by atoms with Crippen LogP contribution in [-0.4, -0.2) is 68.0 Å². The topological polar surface area (TPSA) is 88.6 Å². The van der Waals surface area contributed by atoms with Gasteiger partial charge in [0.25, 0.3) is 5.91 Å². The van der Waals surface area contributed by atoms with E-state index in [1.807, 2.05) is 11.0 Å². The maximum absolute atomic E-state index is 11.7. The Labute approximate surface area is 135 Å². The number of anilines is 2. The number of amides is 1. The molecule has 1 aromatic heterocycles. The van der Waals surface area contributed by atoms with Gasteiger partial charge < -0.3 is 25.0 Å². The van der Waals surface area contributed by atoms with Crippen LogP contribution in [0.3, 0.4) is 0 Å². The number of hydrogen-bond acceptors (Lipinski definition) is 7. The lowest BCUT2D eigenvalue weighted by Gasteiger charge is -2.32. The molecule has 2 atom stereocenters. The summed E-state index contributed by atoms with van der Waals surface area (Å²) in [6.07, 6.45) is 3.39. The molecule has 8 nitrogen and oxygen atoms in total. The lowest BCUT2D eigenvalue weighted by Crippen LogP contribution is -2.49. The van der Waals surface area contributed by atoms with Crippen LogP contribution >= 0.6 is 0 Å². The molecular weight excluding hydrogens is 298 g/mol. The Morgan fingerprint density at radius 3 is 3.13 bits per heavy atom. The van der Waals surface area contributed by atoms with Crippen molar-refractivity contribution >= 4 is 17.7 Å². The number of hydrogen-bond donors (Lipinski definition) is 2. The van der Waals surface area contributed by atoms with Gasteiger partial charge in [-0.05, 0) is 18.9 Å². The molecule has 1 amide bonds. The summed E-state index contributed by atoms with van der Waals surface area (Å²) in [5, 5.41) is 6.01. The average Bonchev–Trinajstić information content (AvgIpc) is 2.62. The first kappa shape index (κ1) is 15.9. The normalized spacial score (nSPS) is 25.0. The monoisotopic (exact) mass is 321 g/mol. The van der Waals surface area contributed by atoms with Crippen molar-refractivity contribution in [3.05, 3.63) is 12.3 Å². The number of ether oxygens (including phenoxy) is 2. The maximum atomic E-state index is 11.7. The van der Waals surface area contributed by atoms with Crippen molar-refractivity contribution in [1.29, 1.82) is 0 Å². The Bertz CT molecular complexity index is 536. The minimum absolute atomic E-state index is 0.122. The van der Waals surface area contributed by atoms with E-state index in [1.165, 1.54) is 0 Å². The Morgan fingerprint density at radius 1 is 1.43 bits per heavy atom. The van der Waals surface area contributed by atoms with Crippen molar-refractivity contribution in [1.82, 2.24) is 15.3 Å². The average molecular weight is 321 g/mol. The molecule has 3 heterocycles. The molecule has 8 heteroatoms. The van der Waals surface area contributed by atoms with Gasteiger partial charge >= 0.3 is 0 Å². The Hall–Kier alpha value is -1.93. The minimum Gasteiger partial charge on any atom is -0.379 e. The number of carbonyl (C=O) groups excluding carboxylic acids is 1. The molecule has 0 radical (unpaired) electrons.